The molecule has 0 radical (unpaired) electrons. The zero-order chi connectivity index (χ0) is 14.9. The molecule has 4 atom stereocenters. The van der Waals surface area contributed by atoms with Crippen molar-refractivity contribution in [1.29, 1.82) is 0 Å². The van der Waals surface area contributed by atoms with E-state index >= 15 is 0 Å². The molecule has 1 N–H and O–H groups in total. The molecule has 0 aromatic rings. The molecule has 0 bridgehead atoms. The first kappa shape index (κ1) is 15.8. The van der Waals surface area contributed by atoms with Crippen molar-refractivity contribution in [2.24, 2.45) is 11.8 Å². The van der Waals surface area contributed by atoms with Gasteiger partial charge < -0.3 is 5.11 Å². The first-order valence-electron chi connectivity index (χ1n) is 7.55. The monoisotopic (exact) mass is 303 g/mol. The molecule has 2 saturated carbocycles. The van der Waals surface area contributed by atoms with Crippen molar-refractivity contribution in [3.63, 3.8) is 0 Å². The Morgan fingerprint density at radius 1 is 1.10 bits per heavy atom. The van der Waals surface area contributed by atoms with E-state index in [1.165, 1.54) is 4.31 Å². The Kier molecular flexibility index (Phi) is 4.74. The topological polar surface area (TPSA) is 74.7 Å². The zero-order valence-electron chi connectivity index (χ0n) is 12.3. The lowest BCUT2D eigenvalue weighted by Crippen LogP contribution is -2.48. The lowest BCUT2D eigenvalue weighted by atomic mass is 9.86. The lowest BCUT2D eigenvalue weighted by Gasteiger charge is -2.37. The molecule has 0 amide bonds. The third-order valence-electron chi connectivity index (χ3n) is 5.09. The van der Waals surface area contributed by atoms with Crippen LogP contribution in [-0.2, 0) is 14.8 Å². The van der Waals surface area contributed by atoms with E-state index in [2.05, 4.69) is 6.92 Å². The standard InChI is InChI=1S/C14H25NO4S/c1-10-6-3-4-8-12(10)15(2)20(18,19)13-9-5-7-11(13)14(16)17/h10-13H,3-9H2,1-2H3,(H,16,17). The maximum absolute atomic E-state index is 12.8. The van der Waals surface area contributed by atoms with Crippen molar-refractivity contribution in [3.8, 4) is 0 Å². The van der Waals surface area contributed by atoms with Crippen LogP contribution in [0.4, 0.5) is 0 Å². The second kappa shape index (κ2) is 6.02. The molecule has 5 nitrogen and oxygen atoms in total. The zero-order valence-corrected chi connectivity index (χ0v) is 13.1. The molecule has 2 aliphatic carbocycles. The quantitative estimate of drug-likeness (QED) is 0.863. The van der Waals surface area contributed by atoms with Crippen LogP contribution in [0.3, 0.4) is 0 Å². The fourth-order valence-corrected chi connectivity index (χ4v) is 6.05. The van der Waals surface area contributed by atoms with Crippen LogP contribution in [0.1, 0.15) is 51.9 Å². The molecular weight excluding hydrogens is 278 g/mol. The van der Waals surface area contributed by atoms with E-state index in [9.17, 15) is 18.3 Å². The number of hydrogen-bond donors (Lipinski definition) is 1. The average molecular weight is 303 g/mol. The predicted molar refractivity (Wildman–Crippen MR) is 76.9 cm³/mol. The number of carboxylic acids is 1. The third kappa shape index (κ3) is 2.86. The molecular formula is C14H25NO4S. The van der Waals surface area contributed by atoms with Gasteiger partial charge in [-0.05, 0) is 31.6 Å². The van der Waals surface area contributed by atoms with E-state index in [4.69, 9.17) is 0 Å². The molecule has 2 aliphatic rings. The molecule has 0 heterocycles. The number of carboxylic acid groups (broad SMARTS) is 1. The summed E-state index contributed by atoms with van der Waals surface area (Å²) in [7, 11) is -1.87. The number of carbonyl (C=O) groups is 1. The summed E-state index contributed by atoms with van der Waals surface area (Å²) >= 11 is 0. The summed E-state index contributed by atoms with van der Waals surface area (Å²) in [4.78, 5) is 11.2. The van der Waals surface area contributed by atoms with E-state index in [0.29, 0.717) is 25.2 Å². The third-order valence-corrected chi connectivity index (χ3v) is 7.49. The van der Waals surface area contributed by atoms with Gasteiger partial charge in [-0.1, -0.05) is 26.2 Å². The summed E-state index contributed by atoms with van der Waals surface area (Å²) < 4.78 is 27.0. The van der Waals surface area contributed by atoms with Crippen LogP contribution in [0, 0.1) is 11.8 Å². The Balaban J connectivity index is 2.18. The molecule has 0 aromatic carbocycles. The van der Waals surface area contributed by atoms with Crippen LogP contribution < -0.4 is 0 Å². The summed E-state index contributed by atoms with van der Waals surface area (Å²) in [6.45, 7) is 2.10. The SMILES string of the molecule is CC1CCCCC1N(C)S(=O)(=O)C1CCCC1C(=O)O. The van der Waals surface area contributed by atoms with Gasteiger partial charge in [0.15, 0.2) is 0 Å². The Morgan fingerprint density at radius 2 is 1.75 bits per heavy atom. The molecule has 2 fully saturated rings. The smallest absolute Gasteiger partial charge is 0.307 e. The Hall–Kier alpha value is -0.620. The van der Waals surface area contributed by atoms with Crippen LogP contribution in [0.2, 0.25) is 0 Å². The molecule has 116 valence electrons. The highest BCUT2D eigenvalue weighted by molar-refractivity contribution is 7.89. The largest absolute Gasteiger partial charge is 0.481 e. The van der Waals surface area contributed by atoms with E-state index in [0.717, 1.165) is 25.7 Å². The number of rotatable bonds is 4. The minimum atomic E-state index is -3.51. The van der Waals surface area contributed by atoms with Crippen molar-refractivity contribution >= 4 is 16.0 Å². The molecule has 0 spiro atoms. The molecule has 6 heteroatoms. The van der Waals surface area contributed by atoms with Crippen LogP contribution in [0.5, 0.6) is 0 Å². The van der Waals surface area contributed by atoms with E-state index in [1.54, 1.807) is 7.05 Å². The van der Waals surface area contributed by atoms with Crippen molar-refractivity contribution < 1.29 is 18.3 Å². The first-order valence-corrected chi connectivity index (χ1v) is 9.05. The van der Waals surface area contributed by atoms with Crippen LogP contribution >= 0.6 is 0 Å². The molecule has 20 heavy (non-hydrogen) atoms. The van der Waals surface area contributed by atoms with Gasteiger partial charge in [0, 0.05) is 13.1 Å². The van der Waals surface area contributed by atoms with Gasteiger partial charge in [-0.15, -0.1) is 0 Å². The van der Waals surface area contributed by atoms with Crippen LogP contribution in [0.15, 0.2) is 0 Å². The molecule has 0 saturated heterocycles. The van der Waals surface area contributed by atoms with E-state index in [-0.39, 0.29) is 6.04 Å². The molecule has 0 aliphatic heterocycles. The minimum Gasteiger partial charge on any atom is -0.481 e. The number of sulfonamides is 1. The van der Waals surface area contributed by atoms with Gasteiger partial charge in [0.2, 0.25) is 10.0 Å². The number of aliphatic carboxylic acids is 1. The van der Waals surface area contributed by atoms with Gasteiger partial charge >= 0.3 is 5.97 Å². The maximum Gasteiger partial charge on any atom is 0.307 e. The number of hydrogen-bond acceptors (Lipinski definition) is 3. The minimum absolute atomic E-state index is 0.0313. The summed E-state index contributed by atoms with van der Waals surface area (Å²) in [6.07, 6.45) is 5.81. The molecule has 0 aromatic heterocycles. The summed E-state index contributed by atoms with van der Waals surface area (Å²) in [6, 6.07) is 0.0313. The van der Waals surface area contributed by atoms with Crippen molar-refractivity contribution in [2.45, 2.75) is 63.2 Å². The average Bonchev–Trinajstić information content (AvgIpc) is 2.88. The summed E-state index contributed by atoms with van der Waals surface area (Å²) in [5.74, 6) is -1.35. The highest BCUT2D eigenvalue weighted by Gasteiger charge is 2.45. The normalized spacial score (nSPS) is 35.4. The van der Waals surface area contributed by atoms with Crippen LogP contribution in [0.25, 0.3) is 0 Å². The fourth-order valence-electron chi connectivity index (χ4n) is 3.80. The second-order valence-electron chi connectivity index (χ2n) is 6.30. The first-order chi connectivity index (χ1) is 9.35. The Labute approximate surface area is 121 Å². The predicted octanol–water partition coefficient (Wildman–Crippen LogP) is 2.08. The van der Waals surface area contributed by atoms with Gasteiger partial charge in [-0.3, -0.25) is 4.79 Å². The van der Waals surface area contributed by atoms with E-state index in [1.807, 2.05) is 0 Å². The van der Waals surface area contributed by atoms with Gasteiger partial charge in [-0.25, -0.2) is 12.7 Å². The van der Waals surface area contributed by atoms with Gasteiger partial charge in [0.05, 0.1) is 11.2 Å². The highest BCUT2D eigenvalue weighted by atomic mass is 32.2. The second-order valence-corrected chi connectivity index (χ2v) is 8.52. The van der Waals surface area contributed by atoms with Gasteiger partial charge in [0.25, 0.3) is 0 Å². The van der Waals surface area contributed by atoms with Crippen molar-refractivity contribution in [3.05, 3.63) is 0 Å². The summed E-state index contributed by atoms with van der Waals surface area (Å²) in [5, 5.41) is 8.47. The Bertz CT molecular complexity index is 462. The Morgan fingerprint density at radius 3 is 2.35 bits per heavy atom. The number of nitrogens with zero attached hydrogens (tertiary/aromatic N) is 1. The van der Waals surface area contributed by atoms with Crippen molar-refractivity contribution in [2.75, 3.05) is 7.05 Å². The molecule has 2 rings (SSSR count). The summed E-state index contributed by atoms with van der Waals surface area (Å²) in [5.41, 5.74) is 0. The van der Waals surface area contributed by atoms with Crippen LogP contribution in [-0.4, -0.2) is 42.1 Å². The van der Waals surface area contributed by atoms with Gasteiger partial charge in [-0.2, -0.15) is 0 Å². The van der Waals surface area contributed by atoms with Crippen molar-refractivity contribution in [1.82, 2.24) is 4.31 Å². The van der Waals surface area contributed by atoms with Gasteiger partial charge in [0.1, 0.15) is 0 Å². The van der Waals surface area contributed by atoms with E-state index < -0.39 is 27.2 Å². The lowest BCUT2D eigenvalue weighted by molar-refractivity contribution is -0.141. The highest BCUT2D eigenvalue weighted by Crippen LogP contribution is 2.36. The molecule has 4 unspecified atom stereocenters. The maximum atomic E-state index is 12.8. The fraction of sp³-hybridized carbons (Fsp3) is 0.929.